The van der Waals surface area contributed by atoms with Gasteiger partial charge in [-0.15, -0.1) is 0 Å². The predicted molar refractivity (Wildman–Crippen MR) is 66.4 cm³/mol. The predicted octanol–water partition coefficient (Wildman–Crippen LogP) is 1.99. The van der Waals surface area contributed by atoms with Crippen molar-refractivity contribution in [1.82, 2.24) is 0 Å². The third-order valence-corrected chi connectivity index (χ3v) is 3.80. The topological polar surface area (TPSA) is 46.2 Å². The summed E-state index contributed by atoms with van der Waals surface area (Å²) in [5.74, 6) is 0. The van der Waals surface area contributed by atoms with Crippen molar-refractivity contribution in [2.45, 2.75) is 44.1 Å². The van der Waals surface area contributed by atoms with E-state index in [0.29, 0.717) is 0 Å². The molecule has 1 aliphatic carbocycles. The lowest BCUT2D eigenvalue weighted by molar-refractivity contribution is 0.195. The van der Waals surface area contributed by atoms with Crippen LogP contribution in [0, 0.1) is 0 Å². The van der Waals surface area contributed by atoms with Crippen LogP contribution in [0.2, 0.25) is 0 Å². The van der Waals surface area contributed by atoms with Crippen molar-refractivity contribution in [2.24, 2.45) is 5.73 Å². The van der Waals surface area contributed by atoms with Gasteiger partial charge in [0.25, 0.3) is 0 Å². The van der Waals surface area contributed by atoms with E-state index in [0.717, 1.165) is 13.0 Å². The quantitative estimate of drug-likeness (QED) is 0.813. The van der Waals surface area contributed by atoms with E-state index in [9.17, 15) is 5.11 Å². The molecule has 1 unspecified atom stereocenters. The molecule has 0 spiro atoms. The molecule has 1 fully saturated rings. The second kappa shape index (κ2) is 4.56. The molecule has 3 N–H and O–H groups in total. The maximum absolute atomic E-state index is 9.32. The fraction of sp³-hybridized carbons (Fsp3) is 0.571. The maximum Gasteiger partial charge on any atom is 0.0552 e. The Kier molecular flexibility index (Phi) is 3.31. The zero-order valence-corrected chi connectivity index (χ0v) is 9.95. The number of rotatable bonds is 4. The van der Waals surface area contributed by atoms with Crippen molar-refractivity contribution in [1.29, 1.82) is 0 Å². The molecule has 1 aromatic rings. The van der Waals surface area contributed by atoms with Gasteiger partial charge in [-0.25, -0.2) is 0 Å². The van der Waals surface area contributed by atoms with Crippen molar-refractivity contribution in [3.8, 4) is 0 Å². The van der Waals surface area contributed by atoms with Crippen LogP contribution in [0.5, 0.6) is 0 Å². The van der Waals surface area contributed by atoms with E-state index in [1.165, 1.54) is 30.4 Å². The van der Waals surface area contributed by atoms with Crippen LogP contribution in [0.4, 0.5) is 0 Å². The van der Waals surface area contributed by atoms with E-state index >= 15 is 0 Å². The first-order chi connectivity index (χ1) is 7.66. The van der Waals surface area contributed by atoms with Gasteiger partial charge in [-0.2, -0.15) is 0 Å². The SMILES string of the molecule is CC(O)Cc1ccc(C2(CN)CCC2)cc1. The minimum absolute atomic E-state index is 0.253. The van der Waals surface area contributed by atoms with Crippen LogP contribution in [0.3, 0.4) is 0 Å². The first-order valence-corrected chi connectivity index (χ1v) is 6.14. The summed E-state index contributed by atoms with van der Waals surface area (Å²) in [7, 11) is 0. The Balaban J connectivity index is 2.12. The van der Waals surface area contributed by atoms with Gasteiger partial charge in [-0.1, -0.05) is 30.7 Å². The summed E-state index contributed by atoms with van der Waals surface area (Å²) in [5, 5.41) is 9.32. The summed E-state index contributed by atoms with van der Waals surface area (Å²) < 4.78 is 0. The van der Waals surface area contributed by atoms with E-state index in [1.54, 1.807) is 0 Å². The van der Waals surface area contributed by atoms with E-state index in [2.05, 4.69) is 24.3 Å². The molecule has 1 aliphatic rings. The molecular formula is C14H21NO. The normalized spacial score (nSPS) is 20.2. The Morgan fingerprint density at radius 3 is 2.31 bits per heavy atom. The monoisotopic (exact) mass is 219 g/mol. The lowest BCUT2D eigenvalue weighted by Crippen LogP contribution is -2.41. The molecule has 0 heterocycles. The summed E-state index contributed by atoms with van der Waals surface area (Å²) >= 11 is 0. The molecule has 0 saturated heterocycles. The van der Waals surface area contributed by atoms with E-state index in [4.69, 9.17) is 5.73 Å². The van der Waals surface area contributed by atoms with Gasteiger partial charge < -0.3 is 10.8 Å². The molecule has 0 aromatic heterocycles. The lowest BCUT2D eigenvalue weighted by atomic mass is 9.64. The summed E-state index contributed by atoms with van der Waals surface area (Å²) in [6.07, 6.45) is 4.21. The minimum atomic E-state index is -0.266. The Labute approximate surface area is 97.5 Å². The maximum atomic E-state index is 9.32. The molecule has 2 heteroatoms. The smallest absolute Gasteiger partial charge is 0.0552 e. The van der Waals surface area contributed by atoms with Crippen LogP contribution >= 0.6 is 0 Å². The fourth-order valence-corrected chi connectivity index (χ4v) is 2.55. The van der Waals surface area contributed by atoms with Crippen LogP contribution < -0.4 is 5.73 Å². The molecule has 2 nitrogen and oxygen atoms in total. The van der Waals surface area contributed by atoms with Gasteiger partial charge in [0.2, 0.25) is 0 Å². The molecule has 2 rings (SSSR count). The Bertz CT molecular complexity index is 333. The molecule has 1 atom stereocenters. The molecule has 16 heavy (non-hydrogen) atoms. The van der Waals surface area contributed by atoms with E-state index in [1.807, 2.05) is 6.92 Å². The highest BCUT2D eigenvalue weighted by Crippen LogP contribution is 2.42. The number of hydrogen-bond donors (Lipinski definition) is 2. The van der Waals surface area contributed by atoms with Crippen molar-refractivity contribution < 1.29 is 5.11 Å². The molecule has 0 aliphatic heterocycles. The van der Waals surface area contributed by atoms with Gasteiger partial charge in [-0.05, 0) is 37.3 Å². The molecule has 0 bridgehead atoms. The first-order valence-electron chi connectivity index (χ1n) is 6.14. The lowest BCUT2D eigenvalue weighted by Gasteiger charge is -2.41. The molecule has 88 valence electrons. The van der Waals surface area contributed by atoms with Crippen molar-refractivity contribution in [3.05, 3.63) is 35.4 Å². The number of benzene rings is 1. The summed E-state index contributed by atoms with van der Waals surface area (Å²) in [5.41, 5.74) is 8.70. The zero-order chi connectivity index (χ0) is 11.6. The van der Waals surface area contributed by atoms with Crippen molar-refractivity contribution in [3.63, 3.8) is 0 Å². The third kappa shape index (κ3) is 2.13. The number of aliphatic hydroxyl groups excluding tert-OH is 1. The van der Waals surface area contributed by atoms with Gasteiger partial charge in [-0.3, -0.25) is 0 Å². The highest BCUT2D eigenvalue weighted by molar-refractivity contribution is 5.32. The zero-order valence-electron chi connectivity index (χ0n) is 9.95. The van der Waals surface area contributed by atoms with Crippen molar-refractivity contribution in [2.75, 3.05) is 6.54 Å². The number of nitrogens with two attached hydrogens (primary N) is 1. The van der Waals surface area contributed by atoms with Gasteiger partial charge in [0.1, 0.15) is 0 Å². The second-order valence-electron chi connectivity index (χ2n) is 5.09. The van der Waals surface area contributed by atoms with Crippen LogP contribution in [-0.2, 0) is 11.8 Å². The number of hydrogen-bond acceptors (Lipinski definition) is 2. The first kappa shape index (κ1) is 11.6. The summed E-state index contributed by atoms with van der Waals surface area (Å²) in [4.78, 5) is 0. The minimum Gasteiger partial charge on any atom is -0.393 e. The van der Waals surface area contributed by atoms with Gasteiger partial charge in [0.15, 0.2) is 0 Å². The van der Waals surface area contributed by atoms with E-state index < -0.39 is 0 Å². The number of aliphatic hydroxyl groups is 1. The van der Waals surface area contributed by atoms with E-state index in [-0.39, 0.29) is 11.5 Å². The average Bonchev–Trinajstić information content (AvgIpc) is 2.19. The van der Waals surface area contributed by atoms with Gasteiger partial charge in [0.05, 0.1) is 6.10 Å². The van der Waals surface area contributed by atoms with Crippen LogP contribution in [0.1, 0.15) is 37.3 Å². The second-order valence-corrected chi connectivity index (χ2v) is 5.09. The molecule has 1 aromatic carbocycles. The fourth-order valence-electron chi connectivity index (χ4n) is 2.55. The van der Waals surface area contributed by atoms with Crippen LogP contribution in [0.25, 0.3) is 0 Å². The Morgan fingerprint density at radius 2 is 1.94 bits per heavy atom. The average molecular weight is 219 g/mol. The Hall–Kier alpha value is -0.860. The van der Waals surface area contributed by atoms with Crippen LogP contribution in [-0.4, -0.2) is 17.8 Å². The Morgan fingerprint density at radius 1 is 1.31 bits per heavy atom. The van der Waals surface area contributed by atoms with Crippen molar-refractivity contribution >= 4 is 0 Å². The molecular weight excluding hydrogens is 198 g/mol. The highest BCUT2D eigenvalue weighted by atomic mass is 16.3. The highest BCUT2D eigenvalue weighted by Gasteiger charge is 2.36. The summed E-state index contributed by atoms with van der Waals surface area (Å²) in [6.45, 7) is 2.57. The third-order valence-electron chi connectivity index (χ3n) is 3.80. The van der Waals surface area contributed by atoms with Gasteiger partial charge >= 0.3 is 0 Å². The molecule has 1 saturated carbocycles. The summed E-state index contributed by atoms with van der Waals surface area (Å²) in [6, 6.07) is 8.61. The molecule has 0 amide bonds. The van der Waals surface area contributed by atoms with Crippen LogP contribution in [0.15, 0.2) is 24.3 Å². The largest absolute Gasteiger partial charge is 0.393 e. The molecule has 0 radical (unpaired) electrons. The standard InChI is InChI=1S/C14H21NO/c1-11(16)9-12-3-5-13(6-4-12)14(10-15)7-2-8-14/h3-6,11,16H,2,7-10,15H2,1H3. The van der Waals surface area contributed by atoms with Gasteiger partial charge in [0, 0.05) is 12.0 Å².